The number of hydrogen-bond acceptors (Lipinski definition) is 4. The molecule has 0 bridgehead atoms. The molecule has 1 aromatic rings. The molecule has 2 rings (SSSR count). The second-order valence-electron chi connectivity index (χ2n) is 3.59. The zero-order valence-corrected chi connectivity index (χ0v) is 8.81. The summed E-state index contributed by atoms with van der Waals surface area (Å²) < 4.78 is 10.8. The van der Waals surface area contributed by atoms with Crippen molar-refractivity contribution in [2.75, 3.05) is 19.8 Å². The Morgan fingerprint density at radius 1 is 1.31 bits per heavy atom. The lowest BCUT2D eigenvalue weighted by molar-refractivity contribution is -0.119. The fraction of sp³-hybridized carbons (Fsp3) is 0.364. The molecule has 0 aliphatic carbocycles. The molecule has 1 amide bonds. The molecule has 0 aromatic heterocycles. The van der Waals surface area contributed by atoms with E-state index in [0.717, 1.165) is 5.56 Å². The van der Waals surface area contributed by atoms with E-state index in [1.165, 1.54) is 0 Å². The quantitative estimate of drug-likeness (QED) is 0.752. The van der Waals surface area contributed by atoms with Crippen molar-refractivity contribution >= 4 is 5.91 Å². The zero-order valence-electron chi connectivity index (χ0n) is 8.81. The number of amides is 1. The molecule has 1 aliphatic heterocycles. The molecule has 5 heteroatoms. The Morgan fingerprint density at radius 3 is 2.62 bits per heavy atom. The standard InChI is InChI=1S/C11H14N2O3/c12-6-8(11(13)14)7-1-2-9-10(5-7)16-4-3-15-9/h1-2,5,8H,3-4,6,12H2,(H2,13,14). The van der Waals surface area contributed by atoms with E-state index in [1.54, 1.807) is 18.2 Å². The molecule has 86 valence electrons. The van der Waals surface area contributed by atoms with Crippen LogP contribution in [0.25, 0.3) is 0 Å². The monoisotopic (exact) mass is 222 g/mol. The van der Waals surface area contributed by atoms with Crippen LogP contribution < -0.4 is 20.9 Å². The fourth-order valence-corrected chi connectivity index (χ4v) is 1.69. The van der Waals surface area contributed by atoms with Gasteiger partial charge in [-0.15, -0.1) is 0 Å². The highest BCUT2D eigenvalue weighted by Gasteiger charge is 2.19. The molecule has 1 atom stereocenters. The maximum absolute atomic E-state index is 11.2. The van der Waals surface area contributed by atoms with E-state index in [1.807, 2.05) is 0 Å². The third kappa shape index (κ3) is 1.94. The van der Waals surface area contributed by atoms with Gasteiger partial charge >= 0.3 is 0 Å². The second-order valence-corrected chi connectivity index (χ2v) is 3.59. The van der Waals surface area contributed by atoms with Gasteiger partial charge in [0.05, 0.1) is 5.92 Å². The Hall–Kier alpha value is -1.75. The zero-order chi connectivity index (χ0) is 11.5. The van der Waals surface area contributed by atoms with E-state index in [2.05, 4.69) is 0 Å². The lowest BCUT2D eigenvalue weighted by Crippen LogP contribution is -2.28. The second kappa shape index (κ2) is 4.40. The lowest BCUT2D eigenvalue weighted by atomic mass is 9.98. The molecular weight excluding hydrogens is 208 g/mol. The van der Waals surface area contributed by atoms with Crippen LogP contribution in [0.2, 0.25) is 0 Å². The first-order chi connectivity index (χ1) is 7.72. The van der Waals surface area contributed by atoms with Crippen LogP contribution in [0.3, 0.4) is 0 Å². The molecule has 1 aromatic carbocycles. The van der Waals surface area contributed by atoms with Gasteiger partial charge in [-0.1, -0.05) is 6.07 Å². The fourth-order valence-electron chi connectivity index (χ4n) is 1.69. The van der Waals surface area contributed by atoms with Gasteiger partial charge in [0.2, 0.25) is 5.91 Å². The molecule has 16 heavy (non-hydrogen) atoms. The highest BCUT2D eigenvalue weighted by atomic mass is 16.6. The number of nitrogens with two attached hydrogens (primary N) is 2. The highest BCUT2D eigenvalue weighted by molar-refractivity contribution is 5.82. The summed E-state index contributed by atoms with van der Waals surface area (Å²) in [4.78, 5) is 11.2. The van der Waals surface area contributed by atoms with Gasteiger partial charge in [0, 0.05) is 6.54 Å². The molecule has 0 fully saturated rings. The van der Waals surface area contributed by atoms with E-state index in [4.69, 9.17) is 20.9 Å². The van der Waals surface area contributed by atoms with E-state index in [9.17, 15) is 4.79 Å². The average Bonchev–Trinajstić information content (AvgIpc) is 2.29. The van der Waals surface area contributed by atoms with Gasteiger partial charge in [0.25, 0.3) is 0 Å². The molecule has 4 N–H and O–H groups in total. The predicted molar refractivity (Wildman–Crippen MR) is 58.4 cm³/mol. The summed E-state index contributed by atoms with van der Waals surface area (Å²) in [6.45, 7) is 1.25. The molecule has 0 saturated heterocycles. The minimum atomic E-state index is -0.476. The van der Waals surface area contributed by atoms with Gasteiger partial charge < -0.3 is 20.9 Å². The lowest BCUT2D eigenvalue weighted by Gasteiger charge is -2.20. The van der Waals surface area contributed by atoms with Crippen LogP contribution in [0, 0.1) is 0 Å². The van der Waals surface area contributed by atoms with Gasteiger partial charge in [-0.2, -0.15) is 0 Å². The Bertz CT molecular complexity index is 406. The average molecular weight is 222 g/mol. The summed E-state index contributed by atoms with van der Waals surface area (Å²) in [5.74, 6) is 0.425. The summed E-state index contributed by atoms with van der Waals surface area (Å²) in [6, 6.07) is 5.32. The van der Waals surface area contributed by atoms with Crippen molar-refractivity contribution in [2.45, 2.75) is 5.92 Å². The van der Waals surface area contributed by atoms with E-state index < -0.39 is 11.8 Å². The molecular formula is C11H14N2O3. The first-order valence-corrected chi connectivity index (χ1v) is 5.11. The van der Waals surface area contributed by atoms with Crippen molar-refractivity contribution in [3.63, 3.8) is 0 Å². The summed E-state index contributed by atoms with van der Waals surface area (Å²) in [5, 5.41) is 0. The van der Waals surface area contributed by atoms with Crippen LogP contribution in [0.4, 0.5) is 0 Å². The number of fused-ring (bicyclic) bond motifs is 1. The Kier molecular flexibility index (Phi) is 2.96. The van der Waals surface area contributed by atoms with Gasteiger partial charge in [-0.3, -0.25) is 4.79 Å². The van der Waals surface area contributed by atoms with Crippen LogP contribution in [0.5, 0.6) is 11.5 Å². The van der Waals surface area contributed by atoms with Gasteiger partial charge in [0.1, 0.15) is 13.2 Å². The summed E-state index contributed by atoms with van der Waals surface area (Å²) in [6.07, 6.45) is 0. The Labute approximate surface area is 93.3 Å². The predicted octanol–water partition coefficient (Wildman–Crippen LogP) is -0.0146. The van der Waals surface area contributed by atoms with E-state index in [-0.39, 0.29) is 6.54 Å². The molecule has 0 saturated carbocycles. The topological polar surface area (TPSA) is 87.6 Å². The van der Waals surface area contributed by atoms with Crippen LogP contribution in [-0.2, 0) is 4.79 Å². The summed E-state index contributed by atoms with van der Waals surface area (Å²) in [5.41, 5.74) is 11.5. The summed E-state index contributed by atoms with van der Waals surface area (Å²) >= 11 is 0. The highest BCUT2D eigenvalue weighted by Crippen LogP contribution is 2.32. The van der Waals surface area contributed by atoms with E-state index >= 15 is 0 Å². The van der Waals surface area contributed by atoms with E-state index in [0.29, 0.717) is 24.7 Å². The minimum Gasteiger partial charge on any atom is -0.486 e. The smallest absolute Gasteiger partial charge is 0.226 e. The molecule has 0 radical (unpaired) electrons. The van der Waals surface area contributed by atoms with Crippen LogP contribution >= 0.6 is 0 Å². The third-order valence-electron chi connectivity index (χ3n) is 2.55. The van der Waals surface area contributed by atoms with Crippen molar-refractivity contribution in [3.05, 3.63) is 23.8 Å². The van der Waals surface area contributed by atoms with Gasteiger partial charge in [0.15, 0.2) is 11.5 Å². The molecule has 1 heterocycles. The normalized spacial score (nSPS) is 15.6. The number of primary amides is 1. The Morgan fingerprint density at radius 2 is 2.00 bits per heavy atom. The van der Waals surface area contributed by atoms with Gasteiger partial charge in [-0.25, -0.2) is 0 Å². The van der Waals surface area contributed by atoms with Crippen molar-refractivity contribution in [1.29, 1.82) is 0 Å². The van der Waals surface area contributed by atoms with Crippen molar-refractivity contribution in [3.8, 4) is 11.5 Å². The maximum Gasteiger partial charge on any atom is 0.226 e. The van der Waals surface area contributed by atoms with Crippen LogP contribution in [0.1, 0.15) is 11.5 Å². The molecule has 0 spiro atoms. The van der Waals surface area contributed by atoms with Crippen molar-refractivity contribution in [2.24, 2.45) is 11.5 Å². The minimum absolute atomic E-state index is 0.189. The molecule has 5 nitrogen and oxygen atoms in total. The number of hydrogen-bond donors (Lipinski definition) is 2. The number of carbonyl (C=O) groups excluding carboxylic acids is 1. The number of benzene rings is 1. The van der Waals surface area contributed by atoms with Crippen LogP contribution in [0.15, 0.2) is 18.2 Å². The third-order valence-corrected chi connectivity index (χ3v) is 2.55. The molecule has 1 unspecified atom stereocenters. The number of rotatable bonds is 3. The Balaban J connectivity index is 2.32. The maximum atomic E-state index is 11.2. The number of carbonyl (C=O) groups is 1. The van der Waals surface area contributed by atoms with Crippen molar-refractivity contribution in [1.82, 2.24) is 0 Å². The first-order valence-electron chi connectivity index (χ1n) is 5.11. The van der Waals surface area contributed by atoms with Crippen molar-refractivity contribution < 1.29 is 14.3 Å². The summed E-state index contributed by atoms with van der Waals surface area (Å²) in [7, 11) is 0. The number of ether oxygens (including phenoxy) is 2. The largest absolute Gasteiger partial charge is 0.486 e. The van der Waals surface area contributed by atoms with Gasteiger partial charge in [-0.05, 0) is 17.7 Å². The van der Waals surface area contributed by atoms with Crippen LogP contribution in [-0.4, -0.2) is 25.7 Å². The molecule has 1 aliphatic rings. The first kappa shape index (κ1) is 10.8. The SMILES string of the molecule is NCC(C(N)=O)c1ccc2c(c1)OCCO2.